The van der Waals surface area contributed by atoms with Crippen LogP contribution < -0.4 is 27.1 Å². The summed E-state index contributed by atoms with van der Waals surface area (Å²) in [7, 11) is 0.866. The first-order valence-electron chi connectivity index (χ1n) is 12.3. The van der Waals surface area contributed by atoms with Gasteiger partial charge in [-0.1, -0.05) is 6.32 Å². The number of anilines is 4. The molecular formula is C25H31BN8O. The maximum Gasteiger partial charge on any atom is 0.229 e. The lowest BCUT2D eigenvalue weighted by Crippen LogP contribution is -2.31. The number of nitrogens with one attached hydrogen (secondary N) is 4. The molecule has 1 aliphatic carbocycles. The van der Waals surface area contributed by atoms with Crippen molar-refractivity contribution in [3.05, 3.63) is 54.5 Å². The van der Waals surface area contributed by atoms with Gasteiger partial charge in [0, 0.05) is 48.0 Å². The summed E-state index contributed by atoms with van der Waals surface area (Å²) < 4.78 is 0. The van der Waals surface area contributed by atoms with Crippen molar-refractivity contribution in [2.24, 2.45) is 11.8 Å². The summed E-state index contributed by atoms with van der Waals surface area (Å²) in [4.78, 5) is 25.3. The molecule has 0 atom stereocenters. The molecule has 0 unspecified atom stereocenters. The molecule has 9 nitrogen and oxygen atoms in total. The van der Waals surface area contributed by atoms with Crippen molar-refractivity contribution in [2.45, 2.75) is 50.9 Å². The number of fused-ring (bicyclic) bond motifs is 1. The first-order valence-corrected chi connectivity index (χ1v) is 12.3. The monoisotopic (exact) mass is 470 g/mol. The number of nitrogens with zero attached hydrogens (tertiary/aromatic N) is 3. The number of pyridine rings is 1. The molecule has 1 aromatic carbocycles. The summed E-state index contributed by atoms with van der Waals surface area (Å²) in [5.74, 6) is 7.60. The zero-order valence-corrected chi connectivity index (χ0v) is 19.8. The van der Waals surface area contributed by atoms with Gasteiger partial charge < -0.3 is 21.3 Å². The van der Waals surface area contributed by atoms with E-state index in [4.69, 9.17) is 10.8 Å². The molecule has 1 amide bonds. The average molecular weight is 470 g/mol. The summed E-state index contributed by atoms with van der Waals surface area (Å²) in [6.07, 6.45) is 12.4. The molecule has 2 aliphatic rings. The molecule has 0 bridgehead atoms. The Morgan fingerprint density at radius 1 is 1.09 bits per heavy atom. The molecule has 6 N–H and O–H groups in total. The third-order valence-electron chi connectivity index (χ3n) is 6.92. The second-order valence-corrected chi connectivity index (χ2v) is 9.34. The predicted octanol–water partition coefficient (Wildman–Crippen LogP) is 3.37. The molecular weight excluding hydrogens is 439 g/mol. The van der Waals surface area contributed by atoms with Gasteiger partial charge in [0.15, 0.2) is 0 Å². The van der Waals surface area contributed by atoms with Gasteiger partial charge in [-0.2, -0.15) is 4.98 Å². The van der Waals surface area contributed by atoms with Crippen molar-refractivity contribution in [3.8, 4) is 11.1 Å². The quantitative estimate of drug-likeness (QED) is 0.193. The van der Waals surface area contributed by atoms with Crippen molar-refractivity contribution in [1.82, 2.24) is 20.3 Å². The Labute approximate surface area is 206 Å². The minimum absolute atomic E-state index is 0.0639. The molecule has 0 radical (unpaired) electrons. The number of aromatic nitrogens is 3. The van der Waals surface area contributed by atoms with Crippen LogP contribution in [0.4, 0.5) is 23.1 Å². The van der Waals surface area contributed by atoms with Gasteiger partial charge in [0.05, 0.1) is 0 Å². The number of rotatable bonds is 8. The molecule has 5 rings (SSSR count). The maximum atomic E-state index is 11.7. The van der Waals surface area contributed by atoms with Gasteiger partial charge in [0.2, 0.25) is 19.3 Å². The summed E-state index contributed by atoms with van der Waals surface area (Å²) >= 11 is 0. The largest absolute Gasteiger partial charge is 0.367 e. The van der Waals surface area contributed by atoms with Crippen LogP contribution in [0.5, 0.6) is 0 Å². The topological polar surface area (TPSA) is 130 Å². The third-order valence-corrected chi connectivity index (χ3v) is 6.92. The van der Waals surface area contributed by atoms with Crippen molar-refractivity contribution < 1.29 is 4.79 Å². The van der Waals surface area contributed by atoms with Crippen LogP contribution in [0.15, 0.2) is 48.9 Å². The number of aryl methyl sites for hydroxylation is 1. The molecule has 1 aliphatic heterocycles. The Hall–Kier alpha value is -3.50. The number of benzene rings is 1. The molecule has 1 fully saturated rings. The maximum absolute atomic E-state index is 11.7. The van der Waals surface area contributed by atoms with Crippen LogP contribution in [0, 0.1) is 5.92 Å². The first kappa shape index (κ1) is 23.3. The van der Waals surface area contributed by atoms with Crippen molar-refractivity contribution in [2.75, 3.05) is 16.0 Å². The van der Waals surface area contributed by atoms with Gasteiger partial charge in [-0.25, -0.2) is 4.98 Å². The van der Waals surface area contributed by atoms with Crippen LogP contribution in [-0.2, 0) is 11.2 Å². The number of hydrazine groups is 1. The standard InChI is InChI=1S/C25H31BN8O/c27-34-26-14-16-1-4-19(5-2-16)30-24-21(17-9-11-28-12-10-17)15-29-25(33-24)31-20-6-7-22-18(13-20)3-8-23(35)32-22/h6-7,9-13,15-16,19,26,34H,1-5,8,14,27H2,(H,32,35)(H2,29,30,31,33)/t16-,19+. The second-order valence-electron chi connectivity index (χ2n) is 9.34. The van der Waals surface area contributed by atoms with Gasteiger partial charge in [-0.05, 0) is 79.5 Å². The van der Waals surface area contributed by atoms with Gasteiger partial charge in [-0.15, -0.1) is 0 Å². The van der Waals surface area contributed by atoms with E-state index in [9.17, 15) is 4.79 Å². The molecule has 180 valence electrons. The molecule has 3 aromatic rings. The fourth-order valence-electron chi connectivity index (χ4n) is 4.96. The minimum atomic E-state index is 0.0639. The highest BCUT2D eigenvalue weighted by molar-refractivity contribution is 6.31. The zero-order chi connectivity index (χ0) is 24.0. The SMILES string of the molecule is NNBC[C@H]1CC[C@@H](Nc2nc(Nc3ccc4c(c3)CCC(=O)N4)ncc2-c2ccncc2)CC1. The van der Waals surface area contributed by atoms with Gasteiger partial charge in [-0.3, -0.25) is 15.6 Å². The van der Waals surface area contributed by atoms with E-state index in [0.717, 1.165) is 72.8 Å². The Morgan fingerprint density at radius 2 is 1.91 bits per heavy atom. The van der Waals surface area contributed by atoms with Crippen molar-refractivity contribution in [3.63, 3.8) is 0 Å². The van der Waals surface area contributed by atoms with E-state index in [-0.39, 0.29) is 5.91 Å². The number of nitrogens with two attached hydrogens (primary N) is 1. The lowest BCUT2D eigenvalue weighted by Gasteiger charge is -2.30. The minimum Gasteiger partial charge on any atom is -0.367 e. The Balaban J connectivity index is 1.35. The summed E-state index contributed by atoms with van der Waals surface area (Å²) in [5, 5.41) is 12.7. The van der Waals surface area contributed by atoms with Crippen LogP contribution >= 0.6 is 0 Å². The molecule has 10 heteroatoms. The predicted molar refractivity (Wildman–Crippen MR) is 141 cm³/mol. The van der Waals surface area contributed by atoms with Crippen LogP contribution in [0.2, 0.25) is 6.32 Å². The fraction of sp³-hybridized carbons (Fsp3) is 0.360. The van der Waals surface area contributed by atoms with Gasteiger partial charge in [0.25, 0.3) is 0 Å². The van der Waals surface area contributed by atoms with E-state index >= 15 is 0 Å². The van der Waals surface area contributed by atoms with E-state index in [1.54, 1.807) is 12.4 Å². The van der Waals surface area contributed by atoms with Crippen LogP contribution in [0.25, 0.3) is 11.1 Å². The number of amides is 1. The summed E-state index contributed by atoms with van der Waals surface area (Å²) in [5.41, 5.74) is 4.88. The Bertz CT molecular complexity index is 1170. The Kier molecular flexibility index (Phi) is 7.20. The number of hydrogen-bond acceptors (Lipinski definition) is 8. The smallest absolute Gasteiger partial charge is 0.229 e. The molecule has 35 heavy (non-hydrogen) atoms. The molecule has 1 saturated carbocycles. The number of carbonyl (C=O) groups excluding carboxylic acids is 1. The van der Waals surface area contributed by atoms with Crippen LogP contribution in [0.3, 0.4) is 0 Å². The molecule has 0 spiro atoms. The highest BCUT2D eigenvalue weighted by Gasteiger charge is 2.23. The van der Waals surface area contributed by atoms with Crippen LogP contribution in [-0.4, -0.2) is 34.3 Å². The average Bonchev–Trinajstić information content (AvgIpc) is 2.89. The van der Waals surface area contributed by atoms with Gasteiger partial charge >= 0.3 is 0 Å². The first-order chi connectivity index (χ1) is 17.2. The fourth-order valence-corrected chi connectivity index (χ4v) is 4.96. The van der Waals surface area contributed by atoms with E-state index in [2.05, 4.69) is 37.3 Å². The lowest BCUT2D eigenvalue weighted by molar-refractivity contribution is -0.116. The van der Waals surface area contributed by atoms with E-state index in [1.165, 1.54) is 12.8 Å². The highest BCUT2D eigenvalue weighted by atomic mass is 16.1. The van der Waals surface area contributed by atoms with E-state index in [1.807, 2.05) is 30.5 Å². The van der Waals surface area contributed by atoms with Crippen LogP contribution in [0.1, 0.15) is 37.7 Å². The zero-order valence-electron chi connectivity index (χ0n) is 19.8. The van der Waals surface area contributed by atoms with Crippen molar-refractivity contribution >= 4 is 36.5 Å². The second kappa shape index (κ2) is 10.8. The highest BCUT2D eigenvalue weighted by Crippen LogP contribution is 2.33. The molecule has 3 heterocycles. The summed E-state index contributed by atoms with van der Waals surface area (Å²) in [6, 6.07) is 10.2. The third kappa shape index (κ3) is 5.78. The van der Waals surface area contributed by atoms with Gasteiger partial charge in [0.1, 0.15) is 5.82 Å². The van der Waals surface area contributed by atoms with Crippen molar-refractivity contribution in [1.29, 1.82) is 0 Å². The molecule has 2 aromatic heterocycles. The van der Waals surface area contributed by atoms with E-state index < -0.39 is 0 Å². The number of carbonyl (C=O) groups is 1. The molecule has 0 saturated heterocycles. The number of hydrogen-bond donors (Lipinski definition) is 5. The Morgan fingerprint density at radius 3 is 2.71 bits per heavy atom. The normalized spacial score (nSPS) is 19.4. The van der Waals surface area contributed by atoms with E-state index in [0.29, 0.717) is 18.4 Å². The summed E-state index contributed by atoms with van der Waals surface area (Å²) in [6.45, 7) is 0. The lowest BCUT2D eigenvalue weighted by atomic mass is 9.74.